The van der Waals surface area contributed by atoms with Crippen LogP contribution in [0.2, 0.25) is 5.02 Å². The second-order valence-corrected chi connectivity index (χ2v) is 4.08. The highest BCUT2D eigenvalue weighted by Gasteiger charge is 2.08. The van der Waals surface area contributed by atoms with Gasteiger partial charge in [0.2, 0.25) is 0 Å². The molecule has 5 heteroatoms. The SMILES string of the molecule is Cc1nn(-c2ccc(CN)cc2C#N)cc1Cl. The number of benzene rings is 1. The molecule has 2 N–H and O–H groups in total. The summed E-state index contributed by atoms with van der Waals surface area (Å²) in [7, 11) is 0. The summed E-state index contributed by atoms with van der Waals surface area (Å²) < 4.78 is 1.61. The van der Waals surface area contributed by atoms with Gasteiger partial charge in [0.05, 0.1) is 22.0 Å². The van der Waals surface area contributed by atoms with Crippen LogP contribution >= 0.6 is 11.6 Å². The van der Waals surface area contributed by atoms with Crippen LogP contribution < -0.4 is 5.73 Å². The number of aryl methyl sites for hydroxylation is 1. The zero-order valence-electron chi connectivity index (χ0n) is 9.31. The van der Waals surface area contributed by atoms with Gasteiger partial charge in [0, 0.05) is 12.7 Å². The lowest BCUT2D eigenvalue weighted by Crippen LogP contribution is -2.02. The van der Waals surface area contributed by atoms with Crippen LogP contribution in [0.4, 0.5) is 0 Å². The average Bonchev–Trinajstić information content (AvgIpc) is 2.68. The minimum atomic E-state index is 0.411. The topological polar surface area (TPSA) is 67.6 Å². The van der Waals surface area contributed by atoms with E-state index in [0.717, 1.165) is 11.3 Å². The summed E-state index contributed by atoms with van der Waals surface area (Å²) in [5.74, 6) is 0. The Balaban J connectivity index is 2.56. The van der Waals surface area contributed by atoms with Crippen LogP contribution in [-0.4, -0.2) is 9.78 Å². The van der Waals surface area contributed by atoms with Gasteiger partial charge >= 0.3 is 0 Å². The molecule has 0 radical (unpaired) electrons. The van der Waals surface area contributed by atoms with Crippen LogP contribution in [-0.2, 0) is 6.54 Å². The van der Waals surface area contributed by atoms with Gasteiger partial charge in [0.25, 0.3) is 0 Å². The van der Waals surface area contributed by atoms with Crippen LogP contribution in [0.25, 0.3) is 5.69 Å². The minimum Gasteiger partial charge on any atom is -0.326 e. The van der Waals surface area contributed by atoms with Crippen molar-refractivity contribution in [1.29, 1.82) is 5.26 Å². The van der Waals surface area contributed by atoms with Crippen LogP contribution in [0.5, 0.6) is 0 Å². The third-order valence-corrected chi connectivity index (χ3v) is 2.87. The first-order valence-corrected chi connectivity index (χ1v) is 5.48. The zero-order chi connectivity index (χ0) is 12.4. The highest BCUT2D eigenvalue weighted by Crippen LogP contribution is 2.19. The maximum Gasteiger partial charge on any atom is 0.101 e. The van der Waals surface area contributed by atoms with Crippen molar-refractivity contribution < 1.29 is 0 Å². The third-order valence-electron chi connectivity index (χ3n) is 2.50. The summed E-state index contributed by atoms with van der Waals surface area (Å²) in [4.78, 5) is 0. The number of hydrogen-bond donors (Lipinski definition) is 1. The number of nitrogens with two attached hydrogens (primary N) is 1. The summed E-state index contributed by atoms with van der Waals surface area (Å²) in [5.41, 5.74) is 8.43. The van der Waals surface area contributed by atoms with E-state index in [0.29, 0.717) is 22.8 Å². The van der Waals surface area contributed by atoms with E-state index in [2.05, 4.69) is 11.2 Å². The number of halogens is 1. The third kappa shape index (κ3) is 2.16. The van der Waals surface area contributed by atoms with Crippen molar-refractivity contribution in [3.8, 4) is 11.8 Å². The van der Waals surface area contributed by atoms with E-state index in [1.54, 1.807) is 16.9 Å². The molecule has 0 saturated heterocycles. The molecule has 0 saturated carbocycles. The molecule has 86 valence electrons. The van der Waals surface area contributed by atoms with E-state index in [4.69, 9.17) is 22.6 Å². The molecule has 0 aliphatic heterocycles. The summed E-state index contributed by atoms with van der Waals surface area (Å²) in [6.07, 6.45) is 1.69. The van der Waals surface area contributed by atoms with E-state index >= 15 is 0 Å². The highest BCUT2D eigenvalue weighted by atomic mass is 35.5. The molecule has 0 atom stereocenters. The van der Waals surface area contributed by atoms with Gasteiger partial charge in [-0.15, -0.1) is 0 Å². The quantitative estimate of drug-likeness (QED) is 0.883. The normalized spacial score (nSPS) is 10.2. The van der Waals surface area contributed by atoms with E-state index in [1.165, 1.54) is 0 Å². The molecule has 2 aromatic rings. The summed E-state index contributed by atoms with van der Waals surface area (Å²) in [5, 5.41) is 13.9. The Hall–Kier alpha value is -1.83. The van der Waals surface area contributed by atoms with Crippen molar-refractivity contribution in [3.05, 3.63) is 46.2 Å². The Morgan fingerprint density at radius 2 is 2.29 bits per heavy atom. The molecular formula is C12H11ClN4. The summed E-state index contributed by atoms with van der Waals surface area (Å²) >= 11 is 5.95. The number of nitrogens with zero attached hydrogens (tertiary/aromatic N) is 3. The lowest BCUT2D eigenvalue weighted by Gasteiger charge is -2.05. The first-order chi connectivity index (χ1) is 8.15. The number of aromatic nitrogens is 2. The lowest BCUT2D eigenvalue weighted by molar-refractivity contribution is 0.858. The Bertz CT molecular complexity index is 576. The van der Waals surface area contributed by atoms with Crippen LogP contribution in [0.15, 0.2) is 24.4 Å². The van der Waals surface area contributed by atoms with Gasteiger partial charge in [0.1, 0.15) is 6.07 Å². The molecule has 0 spiro atoms. The summed E-state index contributed by atoms with van der Waals surface area (Å²) in [6, 6.07) is 7.60. The molecule has 0 fully saturated rings. The second-order valence-electron chi connectivity index (χ2n) is 3.67. The van der Waals surface area contributed by atoms with Crippen molar-refractivity contribution in [3.63, 3.8) is 0 Å². The molecule has 17 heavy (non-hydrogen) atoms. The monoisotopic (exact) mass is 246 g/mol. The second kappa shape index (κ2) is 4.58. The van der Waals surface area contributed by atoms with Gasteiger partial charge in [-0.1, -0.05) is 17.7 Å². The maximum atomic E-state index is 9.11. The molecule has 0 bridgehead atoms. The fourth-order valence-electron chi connectivity index (χ4n) is 1.56. The maximum absolute atomic E-state index is 9.11. The van der Waals surface area contributed by atoms with Gasteiger partial charge in [0.15, 0.2) is 0 Å². The zero-order valence-corrected chi connectivity index (χ0v) is 10.1. The molecule has 2 rings (SSSR count). The fraction of sp³-hybridized carbons (Fsp3) is 0.167. The van der Waals surface area contributed by atoms with Gasteiger partial charge in [-0.25, -0.2) is 4.68 Å². The van der Waals surface area contributed by atoms with E-state index in [9.17, 15) is 0 Å². The highest BCUT2D eigenvalue weighted by molar-refractivity contribution is 6.31. The van der Waals surface area contributed by atoms with E-state index in [-0.39, 0.29) is 0 Å². The predicted octanol–water partition coefficient (Wildman–Crippen LogP) is 2.16. The van der Waals surface area contributed by atoms with Crippen LogP contribution in [0.1, 0.15) is 16.8 Å². The van der Waals surface area contributed by atoms with E-state index in [1.807, 2.05) is 19.1 Å². The number of rotatable bonds is 2. The smallest absolute Gasteiger partial charge is 0.101 e. The predicted molar refractivity (Wildman–Crippen MR) is 65.9 cm³/mol. The minimum absolute atomic E-state index is 0.411. The lowest BCUT2D eigenvalue weighted by atomic mass is 10.1. The van der Waals surface area contributed by atoms with Gasteiger partial charge in [-0.05, 0) is 24.6 Å². The van der Waals surface area contributed by atoms with Gasteiger partial charge < -0.3 is 5.73 Å². The van der Waals surface area contributed by atoms with Crippen molar-refractivity contribution in [2.75, 3.05) is 0 Å². The van der Waals surface area contributed by atoms with Crippen molar-refractivity contribution >= 4 is 11.6 Å². The Morgan fingerprint density at radius 3 is 2.82 bits per heavy atom. The Labute approximate surface area is 104 Å². The first kappa shape index (κ1) is 11.6. The molecule has 1 aromatic heterocycles. The molecule has 0 amide bonds. The number of nitriles is 1. The van der Waals surface area contributed by atoms with E-state index < -0.39 is 0 Å². The molecular weight excluding hydrogens is 236 g/mol. The standard InChI is InChI=1S/C12H11ClN4/c1-8-11(13)7-17(16-8)12-3-2-9(5-14)4-10(12)6-15/h2-4,7H,5,14H2,1H3. The van der Waals surface area contributed by atoms with Crippen molar-refractivity contribution in [2.24, 2.45) is 5.73 Å². The van der Waals surface area contributed by atoms with Crippen molar-refractivity contribution in [1.82, 2.24) is 9.78 Å². The summed E-state index contributed by atoms with van der Waals surface area (Å²) in [6.45, 7) is 2.23. The van der Waals surface area contributed by atoms with Crippen LogP contribution in [0, 0.1) is 18.3 Å². The fourth-order valence-corrected chi connectivity index (χ4v) is 1.69. The molecule has 0 unspecified atom stereocenters. The first-order valence-electron chi connectivity index (χ1n) is 5.11. The molecule has 4 nitrogen and oxygen atoms in total. The molecule has 0 aliphatic rings. The Morgan fingerprint density at radius 1 is 1.53 bits per heavy atom. The van der Waals surface area contributed by atoms with Gasteiger partial charge in [-0.3, -0.25) is 0 Å². The van der Waals surface area contributed by atoms with Crippen LogP contribution in [0.3, 0.4) is 0 Å². The van der Waals surface area contributed by atoms with Gasteiger partial charge in [-0.2, -0.15) is 10.4 Å². The number of hydrogen-bond acceptors (Lipinski definition) is 3. The Kier molecular flexibility index (Phi) is 3.14. The molecule has 1 heterocycles. The molecule has 0 aliphatic carbocycles. The average molecular weight is 247 g/mol. The molecule has 1 aromatic carbocycles. The van der Waals surface area contributed by atoms with Crippen molar-refractivity contribution in [2.45, 2.75) is 13.5 Å². The largest absolute Gasteiger partial charge is 0.326 e.